The molecule has 2 aromatic carbocycles. The first-order chi connectivity index (χ1) is 12.5. The van der Waals surface area contributed by atoms with E-state index >= 15 is 0 Å². The number of nitrogens with one attached hydrogen (secondary N) is 2. The fourth-order valence-corrected chi connectivity index (χ4v) is 2.63. The summed E-state index contributed by atoms with van der Waals surface area (Å²) < 4.78 is 10.4. The maximum absolute atomic E-state index is 12.0. The van der Waals surface area contributed by atoms with Crippen LogP contribution in [-0.4, -0.2) is 37.7 Å². The van der Waals surface area contributed by atoms with Gasteiger partial charge >= 0.3 is 12.1 Å². The zero-order chi connectivity index (χ0) is 18.5. The molecule has 2 aromatic rings. The van der Waals surface area contributed by atoms with Crippen LogP contribution in [0.2, 0.25) is 0 Å². The van der Waals surface area contributed by atoms with Crippen LogP contribution in [0.4, 0.5) is 15.3 Å². The molecule has 1 aliphatic heterocycles. The zero-order valence-electron chi connectivity index (χ0n) is 14.7. The molecule has 2 N–H and O–H groups in total. The summed E-state index contributed by atoms with van der Waals surface area (Å²) in [5, 5.41) is 5.58. The van der Waals surface area contributed by atoms with Crippen molar-refractivity contribution >= 4 is 17.8 Å². The van der Waals surface area contributed by atoms with Gasteiger partial charge in [-0.25, -0.2) is 9.59 Å². The number of rotatable bonds is 5. The average molecular weight is 355 g/mol. The Morgan fingerprint density at radius 1 is 1.19 bits per heavy atom. The number of anilines is 1. The van der Waals surface area contributed by atoms with Gasteiger partial charge in [-0.2, -0.15) is 0 Å². The van der Waals surface area contributed by atoms with Crippen LogP contribution in [0.1, 0.15) is 17.2 Å². The van der Waals surface area contributed by atoms with Crippen molar-refractivity contribution in [2.45, 2.75) is 12.6 Å². The fraction of sp³-hybridized carbons (Fsp3) is 0.263. The number of amides is 3. The minimum atomic E-state index is -0.324. The number of carbonyl (C=O) groups excluding carboxylic acids is 2. The number of hydrogen-bond acceptors (Lipinski definition) is 4. The van der Waals surface area contributed by atoms with Crippen LogP contribution < -0.4 is 15.4 Å². The smallest absolute Gasteiger partial charge is 0.410 e. The summed E-state index contributed by atoms with van der Waals surface area (Å²) in [6, 6.07) is 14.5. The number of urea groups is 1. The molecular formula is C19H21N3O4. The molecule has 0 bridgehead atoms. The third-order valence-corrected chi connectivity index (χ3v) is 4.15. The summed E-state index contributed by atoms with van der Waals surface area (Å²) in [6.45, 7) is 0.937. The van der Waals surface area contributed by atoms with Crippen molar-refractivity contribution in [1.82, 2.24) is 10.2 Å². The molecule has 7 heteroatoms. The lowest BCUT2D eigenvalue weighted by molar-refractivity contribution is 0.135. The Bertz CT molecular complexity index is 774. The van der Waals surface area contributed by atoms with Gasteiger partial charge in [0.2, 0.25) is 0 Å². The molecule has 26 heavy (non-hydrogen) atoms. The van der Waals surface area contributed by atoms with Gasteiger partial charge in [-0.15, -0.1) is 0 Å². The molecule has 0 spiro atoms. The number of cyclic esters (lactones) is 1. The molecule has 0 aliphatic carbocycles. The van der Waals surface area contributed by atoms with E-state index in [2.05, 4.69) is 10.6 Å². The number of ether oxygens (including phenoxy) is 2. The van der Waals surface area contributed by atoms with E-state index in [-0.39, 0.29) is 18.2 Å². The monoisotopic (exact) mass is 355 g/mol. The molecule has 136 valence electrons. The second-order valence-corrected chi connectivity index (χ2v) is 6.03. The standard InChI is InChI=1S/C19H21N3O4/c1-22-12-17(26-19(22)24)14-5-7-15(8-6-14)21-18(23)20-11-13-3-9-16(25-2)10-4-13/h3-10,17H,11-12H2,1-2H3,(H2,20,21,23)/t17-/m0/s1. The quantitative estimate of drug-likeness (QED) is 0.863. The maximum atomic E-state index is 12.0. The first-order valence-electron chi connectivity index (χ1n) is 8.24. The number of hydrogen-bond donors (Lipinski definition) is 2. The Morgan fingerprint density at radius 3 is 2.46 bits per heavy atom. The highest BCUT2D eigenvalue weighted by molar-refractivity contribution is 5.89. The average Bonchev–Trinajstić information content (AvgIpc) is 3.00. The minimum absolute atomic E-state index is 0.273. The van der Waals surface area contributed by atoms with Gasteiger partial charge in [-0.1, -0.05) is 24.3 Å². The van der Waals surface area contributed by atoms with Crippen molar-refractivity contribution in [3.8, 4) is 5.75 Å². The molecule has 3 amide bonds. The lowest BCUT2D eigenvalue weighted by atomic mass is 10.1. The second kappa shape index (κ2) is 7.77. The van der Waals surface area contributed by atoms with E-state index in [1.807, 2.05) is 36.4 Å². The van der Waals surface area contributed by atoms with Crippen molar-refractivity contribution in [1.29, 1.82) is 0 Å². The highest BCUT2D eigenvalue weighted by Gasteiger charge is 2.29. The van der Waals surface area contributed by atoms with Crippen LogP contribution in [0.15, 0.2) is 48.5 Å². The summed E-state index contributed by atoms with van der Waals surface area (Å²) in [6.07, 6.45) is -0.597. The van der Waals surface area contributed by atoms with Crippen molar-refractivity contribution < 1.29 is 19.1 Å². The Labute approximate surface area is 151 Å². The molecule has 1 saturated heterocycles. The van der Waals surface area contributed by atoms with Crippen LogP contribution in [0.25, 0.3) is 0 Å². The highest BCUT2D eigenvalue weighted by Crippen LogP contribution is 2.26. The summed E-state index contributed by atoms with van der Waals surface area (Å²) in [4.78, 5) is 25.0. The Morgan fingerprint density at radius 2 is 1.88 bits per heavy atom. The Kier molecular flexibility index (Phi) is 5.26. The molecule has 3 rings (SSSR count). The lowest BCUT2D eigenvalue weighted by Crippen LogP contribution is -2.28. The third-order valence-electron chi connectivity index (χ3n) is 4.15. The van der Waals surface area contributed by atoms with Gasteiger partial charge < -0.3 is 25.0 Å². The zero-order valence-corrected chi connectivity index (χ0v) is 14.7. The molecule has 1 heterocycles. The largest absolute Gasteiger partial charge is 0.497 e. The first-order valence-corrected chi connectivity index (χ1v) is 8.24. The van der Waals surface area contributed by atoms with E-state index in [0.29, 0.717) is 18.8 Å². The topological polar surface area (TPSA) is 79.9 Å². The van der Waals surface area contributed by atoms with E-state index in [1.54, 1.807) is 26.3 Å². The van der Waals surface area contributed by atoms with Gasteiger partial charge in [0.25, 0.3) is 0 Å². The van der Waals surface area contributed by atoms with Crippen LogP contribution in [-0.2, 0) is 11.3 Å². The predicted molar refractivity (Wildman–Crippen MR) is 97.1 cm³/mol. The number of carbonyl (C=O) groups is 2. The van der Waals surface area contributed by atoms with Gasteiger partial charge in [-0.3, -0.25) is 0 Å². The minimum Gasteiger partial charge on any atom is -0.497 e. The van der Waals surface area contributed by atoms with Crippen molar-refractivity contribution in [3.05, 3.63) is 59.7 Å². The molecule has 1 atom stereocenters. The second-order valence-electron chi connectivity index (χ2n) is 6.03. The SMILES string of the molecule is COc1ccc(CNC(=O)Nc2ccc([C@@H]3CN(C)C(=O)O3)cc2)cc1. The molecule has 7 nitrogen and oxygen atoms in total. The van der Waals surface area contributed by atoms with Crippen LogP contribution >= 0.6 is 0 Å². The molecule has 0 saturated carbocycles. The fourth-order valence-electron chi connectivity index (χ4n) is 2.63. The van der Waals surface area contributed by atoms with Crippen LogP contribution in [0, 0.1) is 0 Å². The summed E-state index contributed by atoms with van der Waals surface area (Å²) in [7, 11) is 3.31. The van der Waals surface area contributed by atoms with Gasteiger partial charge in [-0.05, 0) is 35.4 Å². The first kappa shape index (κ1) is 17.6. The lowest BCUT2D eigenvalue weighted by Gasteiger charge is -2.11. The maximum Gasteiger partial charge on any atom is 0.410 e. The predicted octanol–water partition coefficient (Wildman–Crippen LogP) is 3.14. The highest BCUT2D eigenvalue weighted by atomic mass is 16.6. The number of methoxy groups -OCH3 is 1. The van der Waals surface area contributed by atoms with E-state index < -0.39 is 0 Å². The number of benzene rings is 2. The van der Waals surface area contributed by atoms with Crippen molar-refractivity contribution in [2.24, 2.45) is 0 Å². The molecule has 0 radical (unpaired) electrons. The molecular weight excluding hydrogens is 334 g/mol. The molecule has 1 fully saturated rings. The number of likely N-dealkylation sites (N-methyl/N-ethyl adjacent to an activating group) is 1. The van der Waals surface area contributed by atoms with Crippen LogP contribution in [0.5, 0.6) is 5.75 Å². The summed E-state index contributed by atoms with van der Waals surface area (Å²) in [5.41, 5.74) is 2.54. The third kappa shape index (κ3) is 4.24. The van der Waals surface area contributed by atoms with E-state index in [4.69, 9.17) is 9.47 Å². The van der Waals surface area contributed by atoms with E-state index in [0.717, 1.165) is 16.9 Å². The van der Waals surface area contributed by atoms with Gasteiger partial charge in [0, 0.05) is 19.3 Å². The van der Waals surface area contributed by atoms with E-state index in [9.17, 15) is 9.59 Å². The van der Waals surface area contributed by atoms with Crippen molar-refractivity contribution in [3.63, 3.8) is 0 Å². The molecule has 1 aliphatic rings. The number of nitrogens with zero attached hydrogens (tertiary/aromatic N) is 1. The van der Waals surface area contributed by atoms with Crippen LogP contribution in [0.3, 0.4) is 0 Å². The molecule has 0 unspecified atom stereocenters. The Hall–Kier alpha value is -3.22. The van der Waals surface area contributed by atoms with Crippen molar-refractivity contribution in [2.75, 3.05) is 26.0 Å². The van der Waals surface area contributed by atoms with E-state index in [1.165, 1.54) is 4.90 Å². The summed E-state index contributed by atoms with van der Waals surface area (Å²) >= 11 is 0. The van der Waals surface area contributed by atoms with Gasteiger partial charge in [0.05, 0.1) is 13.7 Å². The molecule has 0 aromatic heterocycles. The van der Waals surface area contributed by atoms with Gasteiger partial charge in [0.15, 0.2) is 0 Å². The Balaban J connectivity index is 1.50. The summed E-state index contributed by atoms with van der Waals surface area (Å²) in [5.74, 6) is 0.775. The van der Waals surface area contributed by atoms with Gasteiger partial charge in [0.1, 0.15) is 11.9 Å². The normalized spacial score (nSPS) is 16.2.